The predicted molar refractivity (Wildman–Crippen MR) is 106 cm³/mol. The summed E-state index contributed by atoms with van der Waals surface area (Å²) in [5.41, 5.74) is 1.89. The molecule has 3 heterocycles. The minimum atomic E-state index is 0.578. The van der Waals surface area contributed by atoms with Crippen LogP contribution in [-0.2, 0) is 9.53 Å². The molecule has 0 radical (unpaired) electrons. The number of hydrogen-bond acceptors (Lipinski definition) is 7. The van der Waals surface area contributed by atoms with Crippen molar-refractivity contribution in [2.45, 2.75) is 19.3 Å². The van der Waals surface area contributed by atoms with Gasteiger partial charge in [0.2, 0.25) is 6.41 Å². The van der Waals surface area contributed by atoms with Crippen molar-refractivity contribution in [2.24, 2.45) is 0 Å². The molecule has 2 N–H and O–H groups in total. The number of carbonyl (C=O) groups excluding carboxylic acids is 1. The third kappa shape index (κ3) is 4.63. The molecule has 0 atom stereocenters. The van der Waals surface area contributed by atoms with E-state index in [0.29, 0.717) is 17.3 Å². The SMILES string of the molecule is C1CCNCC1.COc1ccc(N2CCOCC2)c2sc(NC=O)nc12. The molecule has 8 heteroatoms. The lowest BCUT2D eigenvalue weighted by Crippen LogP contribution is -2.36. The van der Waals surface area contributed by atoms with Gasteiger partial charge in [0.25, 0.3) is 0 Å². The smallest absolute Gasteiger partial charge is 0.213 e. The number of methoxy groups -OCH3 is 1. The first-order chi connectivity index (χ1) is 12.8. The summed E-state index contributed by atoms with van der Waals surface area (Å²) in [6.07, 6.45) is 4.85. The largest absolute Gasteiger partial charge is 0.494 e. The van der Waals surface area contributed by atoms with E-state index < -0.39 is 0 Å². The first-order valence-corrected chi connectivity index (χ1v) is 9.86. The van der Waals surface area contributed by atoms with Crippen LogP contribution in [0.2, 0.25) is 0 Å². The van der Waals surface area contributed by atoms with E-state index >= 15 is 0 Å². The van der Waals surface area contributed by atoms with Gasteiger partial charge in [-0.25, -0.2) is 4.98 Å². The molecule has 0 aliphatic carbocycles. The van der Waals surface area contributed by atoms with E-state index in [1.807, 2.05) is 12.1 Å². The fourth-order valence-corrected chi connectivity index (χ4v) is 4.08. The number of piperidine rings is 1. The second kappa shape index (κ2) is 9.70. The fraction of sp³-hybridized carbons (Fsp3) is 0.556. The molecule has 142 valence electrons. The Kier molecular flexibility index (Phi) is 7.04. The Balaban J connectivity index is 0.000000278. The number of rotatable bonds is 4. The number of thiazole rings is 1. The summed E-state index contributed by atoms with van der Waals surface area (Å²) in [7, 11) is 1.62. The third-order valence-electron chi connectivity index (χ3n) is 4.45. The summed E-state index contributed by atoms with van der Waals surface area (Å²) >= 11 is 1.46. The average molecular weight is 378 g/mol. The zero-order valence-electron chi connectivity index (χ0n) is 15.1. The lowest BCUT2D eigenvalue weighted by molar-refractivity contribution is -0.105. The van der Waals surface area contributed by atoms with E-state index in [2.05, 4.69) is 20.5 Å². The number of ether oxygens (including phenoxy) is 2. The number of morpholine rings is 1. The predicted octanol–water partition coefficient (Wildman–Crippen LogP) is 2.47. The summed E-state index contributed by atoms with van der Waals surface area (Å²) in [6, 6.07) is 3.95. The molecule has 1 amide bonds. The summed E-state index contributed by atoms with van der Waals surface area (Å²) in [5.74, 6) is 0.715. The summed E-state index contributed by atoms with van der Waals surface area (Å²) in [4.78, 5) is 17.3. The number of nitrogens with zero attached hydrogens (tertiary/aromatic N) is 2. The summed E-state index contributed by atoms with van der Waals surface area (Å²) in [6.45, 7) is 5.67. The van der Waals surface area contributed by atoms with Gasteiger partial charge in [-0.15, -0.1) is 0 Å². The van der Waals surface area contributed by atoms with Crippen molar-refractivity contribution in [3.8, 4) is 5.75 Å². The van der Waals surface area contributed by atoms with E-state index in [-0.39, 0.29) is 0 Å². The first-order valence-electron chi connectivity index (χ1n) is 9.04. The molecule has 0 unspecified atom stereocenters. The second-order valence-electron chi connectivity index (χ2n) is 6.16. The second-order valence-corrected chi connectivity index (χ2v) is 7.16. The molecule has 0 spiro atoms. The molecule has 2 aromatic rings. The van der Waals surface area contributed by atoms with Crippen molar-refractivity contribution in [1.82, 2.24) is 10.3 Å². The third-order valence-corrected chi connectivity index (χ3v) is 5.46. The van der Waals surface area contributed by atoms with Crippen molar-refractivity contribution in [1.29, 1.82) is 0 Å². The van der Waals surface area contributed by atoms with Crippen LogP contribution < -0.4 is 20.3 Å². The first kappa shape index (κ1) is 18.9. The van der Waals surface area contributed by atoms with Crippen LogP contribution in [0.5, 0.6) is 5.75 Å². The maximum absolute atomic E-state index is 10.6. The maximum Gasteiger partial charge on any atom is 0.213 e. The van der Waals surface area contributed by atoms with Crippen LogP contribution >= 0.6 is 11.3 Å². The molecule has 2 saturated heterocycles. The molecule has 26 heavy (non-hydrogen) atoms. The Bertz CT molecular complexity index is 700. The quantitative estimate of drug-likeness (QED) is 0.796. The molecule has 1 aromatic heterocycles. The molecule has 7 nitrogen and oxygen atoms in total. The zero-order valence-corrected chi connectivity index (χ0v) is 15.9. The zero-order chi connectivity index (χ0) is 18.2. The van der Waals surface area contributed by atoms with E-state index in [4.69, 9.17) is 9.47 Å². The van der Waals surface area contributed by atoms with Crippen molar-refractivity contribution in [3.05, 3.63) is 12.1 Å². The van der Waals surface area contributed by atoms with Crippen molar-refractivity contribution >= 4 is 38.8 Å². The van der Waals surface area contributed by atoms with Crippen LogP contribution in [0.15, 0.2) is 12.1 Å². The van der Waals surface area contributed by atoms with Crippen LogP contribution in [0.25, 0.3) is 10.2 Å². The van der Waals surface area contributed by atoms with Gasteiger partial charge in [0, 0.05) is 13.1 Å². The van der Waals surface area contributed by atoms with E-state index in [9.17, 15) is 4.79 Å². The molecular weight excluding hydrogens is 352 g/mol. The van der Waals surface area contributed by atoms with Gasteiger partial charge in [-0.1, -0.05) is 17.8 Å². The molecule has 2 fully saturated rings. The fourth-order valence-electron chi connectivity index (χ4n) is 3.10. The van der Waals surface area contributed by atoms with Gasteiger partial charge in [0.05, 0.1) is 30.7 Å². The highest BCUT2D eigenvalue weighted by Gasteiger charge is 2.18. The lowest BCUT2D eigenvalue weighted by Gasteiger charge is -2.29. The highest BCUT2D eigenvalue weighted by molar-refractivity contribution is 7.23. The Morgan fingerprint density at radius 3 is 2.62 bits per heavy atom. The molecule has 2 aliphatic heterocycles. The van der Waals surface area contributed by atoms with Gasteiger partial charge in [0.15, 0.2) is 5.13 Å². The highest BCUT2D eigenvalue weighted by atomic mass is 32.1. The van der Waals surface area contributed by atoms with Crippen LogP contribution in [0.1, 0.15) is 19.3 Å². The number of amides is 1. The molecule has 4 rings (SSSR count). The van der Waals surface area contributed by atoms with Crippen LogP contribution in [-0.4, -0.2) is 57.9 Å². The van der Waals surface area contributed by atoms with Crippen molar-refractivity contribution in [2.75, 3.05) is 56.7 Å². The van der Waals surface area contributed by atoms with Gasteiger partial charge in [-0.05, 0) is 38.1 Å². The Labute approximate surface area is 157 Å². The van der Waals surface area contributed by atoms with E-state index in [1.54, 1.807) is 7.11 Å². The topological polar surface area (TPSA) is 75.7 Å². The summed E-state index contributed by atoms with van der Waals surface area (Å²) in [5, 5.41) is 6.47. The number of nitrogens with one attached hydrogen (secondary N) is 2. The number of fused-ring (bicyclic) bond motifs is 1. The molecule has 1 aromatic carbocycles. The average Bonchev–Trinajstić information content (AvgIpc) is 3.14. The highest BCUT2D eigenvalue weighted by Crippen LogP contribution is 2.39. The molecule has 2 aliphatic rings. The Hall–Kier alpha value is -1.90. The number of hydrogen-bond donors (Lipinski definition) is 2. The van der Waals surface area contributed by atoms with Crippen LogP contribution in [0.3, 0.4) is 0 Å². The number of aromatic nitrogens is 1. The molecule has 0 bridgehead atoms. The van der Waals surface area contributed by atoms with Gasteiger partial charge >= 0.3 is 0 Å². The minimum absolute atomic E-state index is 0.578. The van der Waals surface area contributed by atoms with Crippen LogP contribution in [0, 0.1) is 0 Å². The number of benzene rings is 1. The molecule has 0 saturated carbocycles. The molecular formula is C18H26N4O3S. The minimum Gasteiger partial charge on any atom is -0.494 e. The van der Waals surface area contributed by atoms with Crippen molar-refractivity contribution in [3.63, 3.8) is 0 Å². The maximum atomic E-state index is 10.6. The number of anilines is 2. The monoisotopic (exact) mass is 378 g/mol. The Morgan fingerprint density at radius 2 is 2.04 bits per heavy atom. The van der Waals surface area contributed by atoms with Gasteiger partial charge in [-0.2, -0.15) is 0 Å². The van der Waals surface area contributed by atoms with E-state index in [1.165, 1.54) is 43.7 Å². The standard InChI is InChI=1S/C13H15N3O3S.C5H11N/c1-18-10-3-2-9(16-4-6-19-7-5-16)12-11(10)15-13(20-12)14-8-17;1-2-4-6-5-3-1/h2-3,8H,4-7H2,1H3,(H,14,15,17);6H,1-5H2. The van der Waals surface area contributed by atoms with Gasteiger partial charge < -0.3 is 25.0 Å². The Morgan fingerprint density at radius 1 is 1.27 bits per heavy atom. The van der Waals surface area contributed by atoms with Gasteiger partial charge in [0.1, 0.15) is 11.3 Å². The number of carbonyl (C=O) groups is 1. The van der Waals surface area contributed by atoms with E-state index in [0.717, 1.165) is 42.2 Å². The van der Waals surface area contributed by atoms with Crippen LogP contribution in [0.4, 0.5) is 10.8 Å². The summed E-state index contributed by atoms with van der Waals surface area (Å²) < 4.78 is 11.8. The normalized spacial score (nSPS) is 17.3. The van der Waals surface area contributed by atoms with Crippen molar-refractivity contribution < 1.29 is 14.3 Å². The lowest BCUT2D eigenvalue weighted by atomic mass is 10.2. The van der Waals surface area contributed by atoms with Gasteiger partial charge in [-0.3, -0.25) is 4.79 Å².